The summed E-state index contributed by atoms with van der Waals surface area (Å²) >= 11 is 0. The molecule has 1 unspecified atom stereocenters. The smallest absolute Gasteiger partial charge is 0.162 e. The Balaban J connectivity index is 2.71. The predicted octanol–water partition coefficient (Wildman–Crippen LogP) is 2.53. The lowest BCUT2D eigenvalue weighted by Crippen LogP contribution is -2.09. The SMILES string of the molecule is CCCCCC(O)c1c(OC)cnn1CC. The number of aromatic nitrogens is 2. The maximum Gasteiger partial charge on any atom is 0.162 e. The molecular weight excluding hydrogens is 204 g/mol. The predicted molar refractivity (Wildman–Crippen MR) is 63.6 cm³/mol. The van der Waals surface area contributed by atoms with Crippen LogP contribution in [0.4, 0.5) is 0 Å². The van der Waals surface area contributed by atoms with Crippen LogP contribution in [0.15, 0.2) is 6.20 Å². The molecule has 0 saturated carbocycles. The van der Waals surface area contributed by atoms with E-state index in [0.717, 1.165) is 37.9 Å². The number of hydrogen-bond acceptors (Lipinski definition) is 3. The fourth-order valence-corrected chi connectivity index (χ4v) is 1.85. The summed E-state index contributed by atoms with van der Waals surface area (Å²) in [6.45, 7) is 4.92. The van der Waals surface area contributed by atoms with E-state index >= 15 is 0 Å². The van der Waals surface area contributed by atoms with E-state index in [1.807, 2.05) is 6.92 Å². The molecule has 1 heterocycles. The zero-order valence-electron chi connectivity index (χ0n) is 10.4. The molecule has 1 rings (SSSR count). The highest BCUT2D eigenvalue weighted by Crippen LogP contribution is 2.28. The molecule has 0 amide bonds. The second kappa shape index (κ2) is 6.53. The Hall–Kier alpha value is -1.03. The number of aliphatic hydroxyl groups is 1. The third kappa shape index (κ3) is 2.98. The number of nitrogens with zero attached hydrogens (tertiary/aromatic N) is 2. The summed E-state index contributed by atoms with van der Waals surface area (Å²) in [5.41, 5.74) is 0.807. The number of ether oxygens (including phenoxy) is 1. The minimum Gasteiger partial charge on any atom is -0.493 e. The molecule has 1 N–H and O–H groups in total. The lowest BCUT2D eigenvalue weighted by atomic mass is 10.1. The molecule has 0 aliphatic rings. The molecule has 92 valence electrons. The van der Waals surface area contributed by atoms with Gasteiger partial charge in [0.05, 0.1) is 19.4 Å². The fourth-order valence-electron chi connectivity index (χ4n) is 1.85. The molecule has 0 bridgehead atoms. The summed E-state index contributed by atoms with van der Waals surface area (Å²) < 4.78 is 7.01. The largest absolute Gasteiger partial charge is 0.493 e. The molecule has 0 fully saturated rings. The fraction of sp³-hybridized carbons (Fsp3) is 0.750. The van der Waals surface area contributed by atoms with Gasteiger partial charge in [-0.3, -0.25) is 4.68 Å². The zero-order valence-corrected chi connectivity index (χ0v) is 10.4. The maximum atomic E-state index is 10.1. The van der Waals surface area contributed by atoms with Crippen LogP contribution in [-0.2, 0) is 6.54 Å². The summed E-state index contributed by atoms with van der Waals surface area (Å²) in [5, 5.41) is 14.3. The molecule has 4 nitrogen and oxygen atoms in total. The van der Waals surface area contributed by atoms with E-state index in [2.05, 4.69) is 12.0 Å². The Morgan fingerprint density at radius 1 is 1.44 bits per heavy atom. The van der Waals surface area contributed by atoms with E-state index in [1.165, 1.54) is 0 Å². The number of unbranched alkanes of at least 4 members (excludes halogenated alkanes) is 2. The highest BCUT2D eigenvalue weighted by atomic mass is 16.5. The summed E-state index contributed by atoms with van der Waals surface area (Å²) in [4.78, 5) is 0. The van der Waals surface area contributed by atoms with Crippen LogP contribution in [0, 0.1) is 0 Å². The average Bonchev–Trinajstić information content (AvgIpc) is 2.71. The molecule has 0 spiro atoms. The van der Waals surface area contributed by atoms with Gasteiger partial charge in [0.25, 0.3) is 0 Å². The minimum atomic E-state index is -0.469. The van der Waals surface area contributed by atoms with Crippen LogP contribution in [-0.4, -0.2) is 22.0 Å². The topological polar surface area (TPSA) is 47.3 Å². The number of aliphatic hydroxyl groups excluding tert-OH is 1. The van der Waals surface area contributed by atoms with Crippen molar-refractivity contribution in [1.82, 2.24) is 9.78 Å². The third-order valence-corrected chi connectivity index (χ3v) is 2.76. The number of rotatable bonds is 7. The third-order valence-electron chi connectivity index (χ3n) is 2.76. The van der Waals surface area contributed by atoms with Crippen molar-refractivity contribution in [2.24, 2.45) is 0 Å². The van der Waals surface area contributed by atoms with E-state index < -0.39 is 6.10 Å². The van der Waals surface area contributed by atoms with Gasteiger partial charge in [-0.2, -0.15) is 5.10 Å². The van der Waals surface area contributed by atoms with Gasteiger partial charge in [0, 0.05) is 6.54 Å². The lowest BCUT2D eigenvalue weighted by molar-refractivity contribution is 0.149. The molecule has 0 radical (unpaired) electrons. The van der Waals surface area contributed by atoms with Gasteiger partial charge in [-0.05, 0) is 13.3 Å². The van der Waals surface area contributed by atoms with Crippen molar-refractivity contribution in [3.63, 3.8) is 0 Å². The first-order valence-electron chi connectivity index (χ1n) is 6.02. The van der Waals surface area contributed by atoms with Crippen molar-refractivity contribution in [3.05, 3.63) is 11.9 Å². The van der Waals surface area contributed by atoms with E-state index in [-0.39, 0.29) is 0 Å². The lowest BCUT2D eigenvalue weighted by Gasteiger charge is -2.13. The standard InChI is InChI=1S/C12H22N2O2/c1-4-6-7-8-10(15)12-11(16-3)9-13-14(12)5-2/h9-10,15H,4-8H2,1-3H3. The number of methoxy groups -OCH3 is 1. The van der Waals surface area contributed by atoms with Crippen LogP contribution in [0.25, 0.3) is 0 Å². The molecule has 1 atom stereocenters. The Labute approximate surface area is 97.2 Å². The van der Waals surface area contributed by atoms with Crippen molar-refractivity contribution in [1.29, 1.82) is 0 Å². The molecule has 0 aliphatic carbocycles. The highest BCUT2D eigenvalue weighted by molar-refractivity contribution is 5.27. The van der Waals surface area contributed by atoms with Gasteiger partial charge in [-0.25, -0.2) is 0 Å². The number of aryl methyl sites for hydroxylation is 1. The van der Waals surface area contributed by atoms with Gasteiger partial charge in [0.2, 0.25) is 0 Å². The van der Waals surface area contributed by atoms with Crippen LogP contribution < -0.4 is 4.74 Å². The van der Waals surface area contributed by atoms with Gasteiger partial charge in [-0.15, -0.1) is 0 Å². The van der Waals surface area contributed by atoms with E-state index in [1.54, 1.807) is 18.0 Å². The molecule has 1 aromatic rings. The molecule has 1 aromatic heterocycles. The second-order valence-corrected chi connectivity index (χ2v) is 3.93. The van der Waals surface area contributed by atoms with Gasteiger partial charge in [0.1, 0.15) is 5.69 Å². The Bertz CT molecular complexity index is 288. The molecule has 0 aromatic carbocycles. The Morgan fingerprint density at radius 3 is 2.75 bits per heavy atom. The zero-order chi connectivity index (χ0) is 12.0. The first-order valence-corrected chi connectivity index (χ1v) is 6.02. The summed E-state index contributed by atoms with van der Waals surface area (Å²) in [6, 6.07) is 0. The van der Waals surface area contributed by atoms with Crippen LogP contribution in [0.2, 0.25) is 0 Å². The van der Waals surface area contributed by atoms with Gasteiger partial charge < -0.3 is 9.84 Å². The maximum absolute atomic E-state index is 10.1. The quantitative estimate of drug-likeness (QED) is 0.727. The van der Waals surface area contributed by atoms with Crippen molar-refractivity contribution in [2.45, 2.75) is 52.2 Å². The Morgan fingerprint density at radius 2 is 2.19 bits per heavy atom. The first-order chi connectivity index (χ1) is 7.74. The van der Waals surface area contributed by atoms with Gasteiger partial charge in [-0.1, -0.05) is 26.2 Å². The van der Waals surface area contributed by atoms with Crippen LogP contribution >= 0.6 is 0 Å². The van der Waals surface area contributed by atoms with E-state index in [9.17, 15) is 5.11 Å². The minimum absolute atomic E-state index is 0.469. The molecule has 4 heteroatoms. The van der Waals surface area contributed by atoms with Crippen molar-refractivity contribution < 1.29 is 9.84 Å². The average molecular weight is 226 g/mol. The normalized spacial score (nSPS) is 12.8. The van der Waals surface area contributed by atoms with E-state index in [0.29, 0.717) is 5.75 Å². The highest BCUT2D eigenvalue weighted by Gasteiger charge is 2.18. The Kier molecular flexibility index (Phi) is 5.32. The number of hydrogen-bond donors (Lipinski definition) is 1. The first kappa shape index (κ1) is 13.0. The van der Waals surface area contributed by atoms with Crippen molar-refractivity contribution >= 4 is 0 Å². The molecule has 0 aliphatic heterocycles. The van der Waals surface area contributed by atoms with E-state index in [4.69, 9.17) is 4.74 Å². The van der Waals surface area contributed by atoms with Gasteiger partial charge >= 0.3 is 0 Å². The van der Waals surface area contributed by atoms with Gasteiger partial charge in [0.15, 0.2) is 5.75 Å². The molecular formula is C12H22N2O2. The molecule has 16 heavy (non-hydrogen) atoms. The molecule has 0 saturated heterocycles. The van der Waals surface area contributed by atoms with Crippen molar-refractivity contribution in [2.75, 3.05) is 7.11 Å². The summed E-state index contributed by atoms with van der Waals surface area (Å²) in [7, 11) is 1.61. The summed E-state index contributed by atoms with van der Waals surface area (Å²) in [6.07, 6.45) is 5.33. The second-order valence-electron chi connectivity index (χ2n) is 3.93. The monoisotopic (exact) mass is 226 g/mol. The van der Waals surface area contributed by atoms with Crippen LogP contribution in [0.3, 0.4) is 0 Å². The van der Waals surface area contributed by atoms with Crippen LogP contribution in [0.1, 0.15) is 51.3 Å². The van der Waals surface area contributed by atoms with Crippen LogP contribution in [0.5, 0.6) is 5.75 Å². The summed E-state index contributed by atoms with van der Waals surface area (Å²) in [5.74, 6) is 0.686. The van der Waals surface area contributed by atoms with Crippen molar-refractivity contribution in [3.8, 4) is 5.75 Å².